The van der Waals surface area contributed by atoms with Gasteiger partial charge < -0.3 is 9.84 Å². The molecule has 0 saturated heterocycles. The molecule has 4 aliphatic rings. The molecule has 130 valence electrons. The predicted molar refractivity (Wildman–Crippen MR) is 92.8 cm³/mol. The number of hydrogen-bond donors (Lipinski definition) is 1. The standard InChI is InChI=1S/C21H34O2/c1-7-19(6,23-17(22)13(2)10-18(3,4)5)20-11-15-8-14-9-16(12-20)21(14,15)20/h8,13,15-17,22H,7,9-12H2,1-6H3. The van der Waals surface area contributed by atoms with Crippen molar-refractivity contribution in [3.05, 3.63) is 11.6 Å². The van der Waals surface area contributed by atoms with Crippen LogP contribution in [0.2, 0.25) is 0 Å². The Morgan fingerprint density at radius 3 is 2.48 bits per heavy atom. The molecular formula is C21H34O2. The monoisotopic (exact) mass is 318 g/mol. The summed E-state index contributed by atoms with van der Waals surface area (Å²) in [4.78, 5) is 0. The molecule has 4 rings (SSSR count). The van der Waals surface area contributed by atoms with Gasteiger partial charge in [0, 0.05) is 16.7 Å². The largest absolute Gasteiger partial charge is 0.368 e. The van der Waals surface area contributed by atoms with E-state index < -0.39 is 6.29 Å². The van der Waals surface area contributed by atoms with Crippen molar-refractivity contribution in [3.8, 4) is 0 Å². The molecule has 3 fully saturated rings. The van der Waals surface area contributed by atoms with E-state index in [0.29, 0.717) is 10.8 Å². The molecule has 7 atom stereocenters. The molecule has 4 aliphatic carbocycles. The molecule has 2 nitrogen and oxygen atoms in total. The van der Waals surface area contributed by atoms with E-state index >= 15 is 0 Å². The first kappa shape index (κ1) is 16.1. The molecule has 0 aromatic rings. The summed E-state index contributed by atoms with van der Waals surface area (Å²) in [7, 11) is 0. The van der Waals surface area contributed by atoms with Gasteiger partial charge in [0.1, 0.15) is 0 Å². The molecule has 1 N–H and O–H groups in total. The zero-order valence-electron chi connectivity index (χ0n) is 15.8. The fourth-order valence-corrected chi connectivity index (χ4v) is 7.07. The smallest absolute Gasteiger partial charge is 0.157 e. The maximum atomic E-state index is 10.7. The number of aliphatic hydroxyl groups is 1. The first-order valence-electron chi connectivity index (χ1n) is 9.67. The average Bonchev–Trinajstić information content (AvgIpc) is 2.32. The van der Waals surface area contributed by atoms with Gasteiger partial charge in [-0.1, -0.05) is 46.3 Å². The normalized spacial score (nSPS) is 44.9. The second kappa shape index (κ2) is 4.43. The third-order valence-corrected chi connectivity index (χ3v) is 8.07. The molecule has 0 aliphatic heterocycles. The van der Waals surface area contributed by atoms with E-state index in [4.69, 9.17) is 4.74 Å². The van der Waals surface area contributed by atoms with Crippen LogP contribution in [0.25, 0.3) is 0 Å². The average molecular weight is 319 g/mol. The number of rotatable bonds is 6. The van der Waals surface area contributed by atoms with Gasteiger partial charge in [-0.05, 0) is 56.3 Å². The topological polar surface area (TPSA) is 29.5 Å². The summed E-state index contributed by atoms with van der Waals surface area (Å²) < 4.78 is 6.47. The number of allylic oxidation sites excluding steroid dienone is 2. The van der Waals surface area contributed by atoms with Crippen molar-refractivity contribution in [2.75, 3.05) is 0 Å². The molecule has 3 saturated carbocycles. The predicted octanol–water partition coefficient (Wildman–Crippen LogP) is 4.92. The number of aliphatic hydroxyl groups excluding tert-OH is 1. The van der Waals surface area contributed by atoms with E-state index in [0.717, 1.165) is 24.7 Å². The van der Waals surface area contributed by atoms with Gasteiger partial charge in [0.25, 0.3) is 0 Å². The fraction of sp³-hybridized carbons (Fsp3) is 0.905. The van der Waals surface area contributed by atoms with Crippen molar-refractivity contribution < 1.29 is 9.84 Å². The Balaban J connectivity index is 1.50. The van der Waals surface area contributed by atoms with E-state index in [-0.39, 0.29) is 16.9 Å². The van der Waals surface area contributed by atoms with Crippen LogP contribution in [-0.2, 0) is 4.74 Å². The Morgan fingerprint density at radius 1 is 1.30 bits per heavy atom. The van der Waals surface area contributed by atoms with Crippen LogP contribution in [0.3, 0.4) is 0 Å². The molecule has 0 heterocycles. The van der Waals surface area contributed by atoms with Crippen molar-refractivity contribution >= 4 is 0 Å². The van der Waals surface area contributed by atoms with Gasteiger partial charge in [-0.25, -0.2) is 0 Å². The molecule has 23 heavy (non-hydrogen) atoms. The summed E-state index contributed by atoms with van der Waals surface area (Å²) in [5.41, 5.74) is 2.63. The summed E-state index contributed by atoms with van der Waals surface area (Å²) in [6, 6.07) is 0. The Labute approximate surface area is 141 Å². The summed E-state index contributed by atoms with van der Waals surface area (Å²) in [6.45, 7) is 13.4. The van der Waals surface area contributed by atoms with Crippen LogP contribution >= 0.6 is 0 Å². The molecule has 0 amide bonds. The van der Waals surface area contributed by atoms with Gasteiger partial charge in [0.15, 0.2) is 6.29 Å². The lowest BCUT2D eigenvalue weighted by atomic mass is 9.15. The van der Waals surface area contributed by atoms with E-state index in [1.165, 1.54) is 19.3 Å². The lowest BCUT2D eigenvalue weighted by Crippen LogP contribution is -2.85. The maximum Gasteiger partial charge on any atom is 0.157 e. The van der Waals surface area contributed by atoms with Crippen molar-refractivity contribution in [1.29, 1.82) is 0 Å². The molecule has 0 aromatic heterocycles. The zero-order chi connectivity index (χ0) is 16.8. The van der Waals surface area contributed by atoms with E-state index in [1.807, 2.05) is 0 Å². The van der Waals surface area contributed by atoms with Crippen LogP contribution in [0.4, 0.5) is 0 Å². The second-order valence-corrected chi connectivity index (χ2v) is 10.4. The minimum atomic E-state index is -0.643. The summed E-state index contributed by atoms with van der Waals surface area (Å²) >= 11 is 0. The van der Waals surface area contributed by atoms with Gasteiger partial charge in [0.05, 0.1) is 5.60 Å². The van der Waals surface area contributed by atoms with Crippen molar-refractivity contribution in [1.82, 2.24) is 0 Å². The fourth-order valence-electron chi connectivity index (χ4n) is 7.07. The van der Waals surface area contributed by atoms with Crippen LogP contribution in [-0.4, -0.2) is 17.0 Å². The van der Waals surface area contributed by atoms with Crippen LogP contribution in [0.5, 0.6) is 0 Å². The van der Waals surface area contributed by atoms with Gasteiger partial charge in [0.2, 0.25) is 0 Å². The molecule has 0 bridgehead atoms. The third kappa shape index (κ3) is 1.68. The highest BCUT2D eigenvalue weighted by Crippen LogP contribution is 2.92. The Hall–Kier alpha value is -0.340. The molecular weight excluding hydrogens is 284 g/mol. The SMILES string of the molecule is CCC(C)(OC(O)C(C)CC(C)(C)C)C12CC3C=C4CC(C1)C432. The van der Waals surface area contributed by atoms with Gasteiger partial charge in [-0.2, -0.15) is 0 Å². The van der Waals surface area contributed by atoms with E-state index in [1.54, 1.807) is 5.57 Å². The highest BCUT2D eigenvalue weighted by molar-refractivity contribution is 5.55. The van der Waals surface area contributed by atoms with Crippen LogP contribution in [0, 0.1) is 34.0 Å². The van der Waals surface area contributed by atoms with Gasteiger partial charge in [-0.3, -0.25) is 0 Å². The lowest BCUT2D eigenvalue weighted by molar-refractivity contribution is -0.390. The maximum absolute atomic E-state index is 10.7. The lowest BCUT2D eigenvalue weighted by Gasteiger charge is -2.89. The third-order valence-electron chi connectivity index (χ3n) is 8.07. The van der Waals surface area contributed by atoms with Crippen LogP contribution < -0.4 is 0 Å². The molecule has 0 aromatic carbocycles. The Bertz CT molecular complexity index is 559. The first-order chi connectivity index (χ1) is 10.6. The van der Waals surface area contributed by atoms with E-state index in [2.05, 4.69) is 47.6 Å². The minimum absolute atomic E-state index is 0.175. The number of ether oxygens (including phenoxy) is 1. The van der Waals surface area contributed by atoms with E-state index in [9.17, 15) is 5.11 Å². The Morgan fingerprint density at radius 2 is 2.00 bits per heavy atom. The number of hydrogen-bond acceptors (Lipinski definition) is 2. The second-order valence-electron chi connectivity index (χ2n) is 10.4. The quantitative estimate of drug-likeness (QED) is 0.556. The molecule has 2 heteroatoms. The van der Waals surface area contributed by atoms with Crippen molar-refractivity contribution in [3.63, 3.8) is 0 Å². The van der Waals surface area contributed by atoms with Crippen LogP contribution in [0.1, 0.15) is 73.6 Å². The highest BCUT2D eigenvalue weighted by atomic mass is 16.6. The van der Waals surface area contributed by atoms with Crippen molar-refractivity contribution in [2.24, 2.45) is 34.0 Å². The minimum Gasteiger partial charge on any atom is -0.368 e. The first-order valence-corrected chi connectivity index (χ1v) is 9.67. The Kier molecular flexibility index (Phi) is 3.11. The van der Waals surface area contributed by atoms with Crippen LogP contribution in [0.15, 0.2) is 11.6 Å². The summed E-state index contributed by atoms with van der Waals surface area (Å²) in [6.07, 6.45) is 7.84. The molecule has 7 unspecified atom stereocenters. The molecule has 1 spiro atoms. The summed E-state index contributed by atoms with van der Waals surface area (Å²) in [5, 5.41) is 10.7. The highest BCUT2D eigenvalue weighted by Gasteiger charge is 2.88. The van der Waals surface area contributed by atoms with Gasteiger partial charge in [-0.15, -0.1) is 0 Å². The zero-order valence-corrected chi connectivity index (χ0v) is 15.8. The summed E-state index contributed by atoms with van der Waals surface area (Å²) in [5.74, 6) is 1.95. The van der Waals surface area contributed by atoms with Gasteiger partial charge >= 0.3 is 0 Å². The molecule has 0 radical (unpaired) electrons. The van der Waals surface area contributed by atoms with Crippen molar-refractivity contribution in [2.45, 2.75) is 85.5 Å².